The first-order valence-electron chi connectivity index (χ1n) is 8.51. The van der Waals surface area contributed by atoms with Crippen molar-refractivity contribution in [3.63, 3.8) is 0 Å². The Labute approximate surface area is 141 Å². The first-order valence-corrected chi connectivity index (χ1v) is 8.51. The largest absolute Gasteiger partial charge is 0.378 e. The van der Waals surface area contributed by atoms with Crippen LogP contribution in [0.5, 0.6) is 0 Å². The molecule has 2 aliphatic heterocycles. The molecule has 128 valence electrons. The van der Waals surface area contributed by atoms with Gasteiger partial charge >= 0.3 is 0 Å². The van der Waals surface area contributed by atoms with Crippen molar-refractivity contribution in [2.24, 2.45) is 0 Å². The second-order valence-electron chi connectivity index (χ2n) is 6.32. The summed E-state index contributed by atoms with van der Waals surface area (Å²) < 4.78 is 19.6. The summed E-state index contributed by atoms with van der Waals surface area (Å²) in [7, 11) is 0. The average Bonchev–Trinajstić information content (AvgIpc) is 3.13. The molecule has 2 aliphatic rings. The second-order valence-corrected chi connectivity index (χ2v) is 6.32. The van der Waals surface area contributed by atoms with Gasteiger partial charge in [0.1, 0.15) is 5.82 Å². The number of piperazine rings is 1. The number of rotatable bonds is 4. The number of carbonyl (C=O) groups excluding carboxylic acids is 1. The van der Waals surface area contributed by atoms with E-state index in [1.807, 2.05) is 15.9 Å². The molecule has 0 radical (unpaired) electrons. The quantitative estimate of drug-likeness (QED) is 0.849. The minimum atomic E-state index is -0.382. The molecule has 24 heavy (non-hydrogen) atoms. The lowest BCUT2D eigenvalue weighted by Gasteiger charge is -2.36. The zero-order valence-electron chi connectivity index (χ0n) is 13.7. The summed E-state index contributed by atoms with van der Waals surface area (Å²) in [6.07, 6.45) is 3.70. The zero-order chi connectivity index (χ0) is 16.9. The number of nitriles is 1. The van der Waals surface area contributed by atoms with Crippen LogP contribution in [0.1, 0.15) is 31.2 Å². The number of halogens is 1. The van der Waals surface area contributed by atoms with E-state index in [1.54, 1.807) is 12.1 Å². The van der Waals surface area contributed by atoms with Crippen LogP contribution >= 0.6 is 0 Å². The van der Waals surface area contributed by atoms with Gasteiger partial charge in [-0.2, -0.15) is 5.26 Å². The number of hydrogen-bond acceptors (Lipinski definition) is 4. The second kappa shape index (κ2) is 7.63. The summed E-state index contributed by atoms with van der Waals surface area (Å²) in [5.41, 5.74) is 0.819. The van der Waals surface area contributed by atoms with Gasteiger partial charge in [0.25, 0.3) is 0 Å². The molecule has 1 aromatic carbocycles. The third-order valence-electron chi connectivity index (χ3n) is 4.75. The molecule has 6 heteroatoms. The van der Waals surface area contributed by atoms with Crippen LogP contribution in [0.3, 0.4) is 0 Å². The molecule has 5 nitrogen and oxygen atoms in total. The monoisotopic (exact) mass is 331 g/mol. The molecule has 0 saturated carbocycles. The van der Waals surface area contributed by atoms with Crippen molar-refractivity contribution in [3.05, 3.63) is 29.6 Å². The molecule has 2 fully saturated rings. The average molecular weight is 331 g/mol. The molecule has 3 rings (SSSR count). The Balaban J connectivity index is 1.50. The van der Waals surface area contributed by atoms with E-state index < -0.39 is 0 Å². The van der Waals surface area contributed by atoms with Crippen molar-refractivity contribution in [1.82, 2.24) is 4.90 Å². The first-order chi connectivity index (χ1) is 11.7. The number of hydrogen-bond donors (Lipinski definition) is 0. The first kappa shape index (κ1) is 16.7. The molecule has 0 spiro atoms. The van der Waals surface area contributed by atoms with Gasteiger partial charge in [-0.15, -0.1) is 0 Å². The standard InChI is InChI=1S/C18H22FN3O2/c19-16-12-14(13-20)3-5-17(16)21-7-9-22(10-8-21)18(23)6-4-15-2-1-11-24-15/h3,5,12,15H,1-2,4,6-11H2/t15-/m1/s1. The van der Waals surface area contributed by atoms with Crippen molar-refractivity contribution in [1.29, 1.82) is 5.26 Å². The van der Waals surface area contributed by atoms with Crippen molar-refractivity contribution < 1.29 is 13.9 Å². The van der Waals surface area contributed by atoms with Crippen LogP contribution in [0.25, 0.3) is 0 Å². The molecule has 0 unspecified atom stereocenters. The number of benzene rings is 1. The van der Waals surface area contributed by atoms with E-state index in [1.165, 1.54) is 6.07 Å². The maximum Gasteiger partial charge on any atom is 0.222 e. The molecule has 2 saturated heterocycles. The number of anilines is 1. The summed E-state index contributed by atoms with van der Waals surface area (Å²) in [4.78, 5) is 16.1. The highest BCUT2D eigenvalue weighted by Gasteiger charge is 2.24. The van der Waals surface area contributed by atoms with Crippen molar-refractivity contribution >= 4 is 11.6 Å². The topological polar surface area (TPSA) is 56.6 Å². The van der Waals surface area contributed by atoms with E-state index in [0.717, 1.165) is 25.9 Å². The van der Waals surface area contributed by atoms with Gasteiger partial charge in [0, 0.05) is 39.2 Å². The van der Waals surface area contributed by atoms with Gasteiger partial charge in [-0.3, -0.25) is 4.79 Å². The van der Waals surface area contributed by atoms with Crippen LogP contribution in [0.4, 0.5) is 10.1 Å². The molecule has 1 aromatic rings. The van der Waals surface area contributed by atoms with Gasteiger partial charge in [-0.1, -0.05) is 0 Å². The van der Waals surface area contributed by atoms with Crippen LogP contribution in [-0.4, -0.2) is 49.7 Å². The third kappa shape index (κ3) is 3.85. The predicted molar refractivity (Wildman–Crippen MR) is 88.1 cm³/mol. The minimum Gasteiger partial charge on any atom is -0.378 e. The Morgan fingerprint density at radius 2 is 2.12 bits per heavy atom. The maximum atomic E-state index is 14.1. The molecular weight excluding hydrogens is 309 g/mol. The van der Waals surface area contributed by atoms with E-state index in [2.05, 4.69) is 0 Å². The zero-order valence-corrected chi connectivity index (χ0v) is 13.7. The molecule has 0 N–H and O–H groups in total. The van der Waals surface area contributed by atoms with Gasteiger partial charge in [0.05, 0.1) is 23.4 Å². The molecule has 2 heterocycles. The SMILES string of the molecule is N#Cc1ccc(N2CCN(C(=O)CC[C@H]3CCCO3)CC2)c(F)c1. The van der Waals surface area contributed by atoms with Crippen LogP contribution in [0.15, 0.2) is 18.2 Å². The van der Waals surface area contributed by atoms with Gasteiger partial charge in [-0.05, 0) is 37.5 Å². The number of ether oxygens (including phenoxy) is 1. The molecule has 1 atom stereocenters. The fourth-order valence-corrected chi connectivity index (χ4v) is 3.34. The highest BCUT2D eigenvalue weighted by molar-refractivity contribution is 5.76. The Morgan fingerprint density at radius 3 is 2.75 bits per heavy atom. The van der Waals surface area contributed by atoms with Crippen LogP contribution in [-0.2, 0) is 9.53 Å². The van der Waals surface area contributed by atoms with E-state index in [0.29, 0.717) is 43.9 Å². The lowest BCUT2D eigenvalue weighted by atomic mass is 10.1. The smallest absolute Gasteiger partial charge is 0.222 e. The summed E-state index contributed by atoms with van der Waals surface area (Å²) in [5.74, 6) is -0.224. The van der Waals surface area contributed by atoms with Crippen molar-refractivity contribution in [3.8, 4) is 6.07 Å². The van der Waals surface area contributed by atoms with Crippen LogP contribution < -0.4 is 4.90 Å². The summed E-state index contributed by atoms with van der Waals surface area (Å²) in [6, 6.07) is 6.46. The summed E-state index contributed by atoms with van der Waals surface area (Å²) in [5, 5.41) is 8.80. The lowest BCUT2D eigenvalue weighted by molar-refractivity contribution is -0.132. The van der Waals surface area contributed by atoms with E-state index >= 15 is 0 Å². The number of carbonyl (C=O) groups is 1. The number of nitrogens with zero attached hydrogens (tertiary/aromatic N) is 3. The highest BCUT2D eigenvalue weighted by Crippen LogP contribution is 2.22. The van der Waals surface area contributed by atoms with Crippen LogP contribution in [0, 0.1) is 17.1 Å². The predicted octanol–water partition coefficient (Wildman–Crippen LogP) is 2.31. The fraction of sp³-hybridized carbons (Fsp3) is 0.556. The van der Waals surface area contributed by atoms with E-state index in [9.17, 15) is 9.18 Å². The van der Waals surface area contributed by atoms with Gasteiger partial charge < -0.3 is 14.5 Å². The fourth-order valence-electron chi connectivity index (χ4n) is 3.34. The molecule has 0 aromatic heterocycles. The lowest BCUT2D eigenvalue weighted by Crippen LogP contribution is -2.49. The third-order valence-corrected chi connectivity index (χ3v) is 4.75. The highest BCUT2D eigenvalue weighted by atomic mass is 19.1. The summed E-state index contributed by atoms with van der Waals surface area (Å²) >= 11 is 0. The minimum absolute atomic E-state index is 0.158. The van der Waals surface area contributed by atoms with Gasteiger partial charge in [0.2, 0.25) is 5.91 Å². The van der Waals surface area contributed by atoms with Gasteiger partial charge in [-0.25, -0.2) is 4.39 Å². The normalized spacial score (nSPS) is 20.9. The Kier molecular flexibility index (Phi) is 5.31. The summed E-state index contributed by atoms with van der Waals surface area (Å²) in [6.45, 7) is 3.23. The number of amides is 1. The molecule has 0 aliphatic carbocycles. The van der Waals surface area contributed by atoms with Crippen molar-refractivity contribution in [2.45, 2.75) is 31.8 Å². The molecule has 1 amide bonds. The Bertz CT molecular complexity index is 630. The maximum absolute atomic E-state index is 14.1. The van der Waals surface area contributed by atoms with Crippen LogP contribution in [0.2, 0.25) is 0 Å². The van der Waals surface area contributed by atoms with E-state index in [4.69, 9.17) is 10.00 Å². The molecule has 0 bridgehead atoms. The Hall–Kier alpha value is -2.13. The molecular formula is C18H22FN3O2. The Morgan fingerprint density at radius 1 is 1.33 bits per heavy atom. The van der Waals surface area contributed by atoms with E-state index in [-0.39, 0.29) is 17.8 Å². The van der Waals surface area contributed by atoms with Crippen molar-refractivity contribution in [2.75, 3.05) is 37.7 Å². The van der Waals surface area contributed by atoms with Gasteiger partial charge in [0.15, 0.2) is 0 Å².